The van der Waals surface area contributed by atoms with Crippen LogP contribution in [0.4, 0.5) is 5.69 Å². The van der Waals surface area contributed by atoms with Gasteiger partial charge in [0.05, 0.1) is 19.7 Å². The van der Waals surface area contributed by atoms with Gasteiger partial charge >= 0.3 is 0 Å². The zero-order chi connectivity index (χ0) is 22.8. The van der Waals surface area contributed by atoms with E-state index in [0.29, 0.717) is 6.54 Å². The van der Waals surface area contributed by atoms with Crippen molar-refractivity contribution in [2.24, 2.45) is 4.99 Å². The summed E-state index contributed by atoms with van der Waals surface area (Å²) in [5.41, 5.74) is 3.02. The highest BCUT2D eigenvalue weighted by Crippen LogP contribution is 2.31. The van der Waals surface area contributed by atoms with Gasteiger partial charge in [-0.05, 0) is 56.6 Å². The van der Waals surface area contributed by atoms with Crippen molar-refractivity contribution in [1.29, 1.82) is 0 Å². The van der Waals surface area contributed by atoms with Crippen molar-refractivity contribution in [3.05, 3.63) is 59.7 Å². The number of benzene rings is 2. The van der Waals surface area contributed by atoms with Gasteiger partial charge in [-0.1, -0.05) is 30.3 Å². The SMILES string of the molecule is CCNC(=NCc1cccc(NC(C)=O)c1)NCC(c1ccccc1OC)N1CCCC1.I. The highest BCUT2D eigenvalue weighted by Gasteiger charge is 2.26. The lowest BCUT2D eigenvalue weighted by Crippen LogP contribution is -2.42. The van der Waals surface area contributed by atoms with E-state index in [1.807, 2.05) is 36.4 Å². The number of para-hydroxylation sites is 1. The maximum atomic E-state index is 11.3. The Balaban J connectivity index is 0.00000385. The van der Waals surface area contributed by atoms with Crippen molar-refractivity contribution in [2.75, 3.05) is 38.6 Å². The Morgan fingerprint density at radius 2 is 1.88 bits per heavy atom. The number of halogens is 1. The molecule has 1 unspecified atom stereocenters. The van der Waals surface area contributed by atoms with Crippen LogP contribution in [0.3, 0.4) is 0 Å². The number of anilines is 1. The van der Waals surface area contributed by atoms with Gasteiger partial charge in [0.15, 0.2) is 5.96 Å². The summed E-state index contributed by atoms with van der Waals surface area (Å²) in [6, 6.07) is 16.3. The van der Waals surface area contributed by atoms with Crippen LogP contribution in [0.25, 0.3) is 0 Å². The molecule has 180 valence electrons. The van der Waals surface area contributed by atoms with Gasteiger partial charge in [-0.2, -0.15) is 0 Å². The Hall–Kier alpha value is -2.33. The second-order valence-electron chi connectivity index (χ2n) is 7.96. The van der Waals surface area contributed by atoms with Crippen LogP contribution in [-0.2, 0) is 11.3 Å². The molecule has 1 aliphatic heterocycles. The summed E-state index contributed by atoms with van der Waals surface area (Å²) in [4.78, 5) is 18.6. The molecule has 2 aromatic carbocycles. The van der Waals surface area contributed by atoms with Gasteiger partial charge in [-0.3, -0.25) is 9.69 Å². The molecule has 0 saturated carbocycles. The van der Waals surface area contributed by atoms with Crippen molar-refractivity contribution in [1.82, 2.24) is 15.5 Å². The highest BCUT2D eigenvalue weighted by atomic mass is 127. The smallest absolute Gasteiger partial charge is 0.221 e. The third kappa shape index (κ3) is 8.19. The number of rotatable bonds is 9. The summed E-state index contributed by atoms with van der Waals surface area (Å²) < 4.78 is 5.65. The van der Waals surface area contributed by atoms with Gasteiger partial charge < -0.3 is 20.7 Å². The van der Waals surface area contributed by atoms with E-state index in [1.165, 1.54) is 25.3 Å². The van der Waals surface area contributed by atoms with E-state index >= 15 is 0 Å². The third-order valence-electron chi connectivity index (χ3n) is 5.55. The number of carbonyl (C=O) groups excluding carboxylic acids is 1. The van der Waals surface area contributed by atoms with Crippen LogP contribution in [0.1, 0.15) is 43.9 Å². The Kier molecular flexibility index (Phi) is 11.5. The zero-order valence-corrected chi connectivity index (χ0v) is 22.1. The first kappa shape index (κ1) is 26.9. The molecule has 2 aromatic rings. The number of carbonyl (C=O) groups is 1. The fraction of sp³-hybridized carbons (Fsp3) is 0.440. The van der Waals surface area contributed by atoms with Crippen molar-refractivity contribution < 1.29 is 9.53 Å². The normalized spacial score (nSPS) is 14.8. The molecule has 1 heterocycles. The molecule has 1 atom stereocenters. The molecule has 0 aliphatic carbocycles. The number of hydrogen-bond donors (Lipinski definition) is 3. The maximum absolute atomic E-state index is 11.3. The quantitative estimate of drug-likeness (QED) is 0.242. The molecular weight excluding hydrogens is 529 g/mol. The molecule has 1 aliphatic rings. The van der Waals surface area contributed by atoms with Crippen molar-refractivity contribution in [3.8, 4) is 5.75 Å². The van der Waals surface area contributed by atoms with E-state index in [1.54, 1.807) is 7.11 Å². The first-order valence-electron chi connectivity index (χ1n) is 11.4. The van der Waals surface area contributed by atoms with Gasteiger partial charge in [0, 0.05) is 31.3 Å². The topological polar surface area (TPSA) is 78.0 Å². The molecule has 0 radical (unpaired) electrons. The Morgan fingerprint density at radius 3 is 2.58 bits per heavy atom. The minimum atomic E-state index is -0.0787. The van der Waals surface area contributed by atoms with Crippen molar-refractivity contribution >= 4 is 41.5 Å². The van der Waals surface area contributed by atoms with Crippen LogP contribution in [0.2, 0.25) is 0 Å². The molecule has 33 heavy (non-hydrogen) atoms. The largest absolute Gasteiger partial charge is 0.496 e. The lowest BCUT2D eigenvalue weighted by Gasteiger charge is -2.30. The molecule has 1 saturated heterocycles. The summed E-state index contributed by atoms with van der Waals surface area (Å²) in [5, 5.41) is 9.70. The highest BCUT2D eigenvalue weighted by molar-refractivity contribution is 14.0. The second-order valence-corrected chi connectivity index (χ2v) is 7.96. The Bertz CT molecular complexity index is 915. The Labute approximate surface area is 214 Å². The van der Waals surface area contributed by atoms with Crippen LogP contribution < -0.4 is 20.7 Å². The minimum Gasteiger partial charge on any atom is -0.496 e. The number of nitrogens with zero attached hydrogens (tertiary/aromatic N) is 2. The Morgan fingerprint density at radius 1 is 1.12 bits per heavy atom. The molecule has 3 N–H and O–H groups in total. The predicted molar refractivity (Wildman–Crippen MR) is 146 cm³/mol. The van der Waals surface area contributed by atoms with Gasteiger partial charge in [0.2, 0.25) is 5.91 Å². The molecule has 0 bridgehead atoms. The fourth-order valence-corrected chi connectivity index (χ4v) is 4.09. The zero-order valence-electron chi connectivity index (χ0n) is 19.8. The van der Waals surface area contributed by atoms with E-state index < -0.39 is 0 Å². The molecule has 0 aromatic heterocycles. The van der Waals surface area contributed by atoms with E-state index in [4.69, 9.17) is 9.73 Å². The number of hydrogen-bond acceptors (Lipinski definition) is 4. The van der Waals surface area contributed by atoms with Gasteiger partial charge in [0.1, 0.15) is 5.75 Å². The molecule has 3 rings (SSSR count). The molecule has 1 amide bonds. The lowest BCUT2D eigenvalue weighted by atomic mass is 10.0. The maximum Gasteiger partial charge on any atom is 0.221 e. The second kappa shape index (κ2) is 14.0. The number of likely N-dealkylation sites (tertiary alicyclic amines) is 1. The summed E-state index contributed by atoms with van der Waals surface area (Å²) in [5.74, 6) is 1.62. The number of aliphatic imine (C=N–C) groups is 1. The first-order chi connectivity index (χ1) is 15.6. The molecule has 7 nitrogen and oxygen atoms in total. The fourth-order valence-electron chi connectivity index (χ4n) is 4.09. The van der Waals surface area contributed by atoms with Crippen LogP contribution in [-0.4, -0.2) is 50.1 Å². The molecule has 1 fully saturated rings. The number of guanidine groups is 1. The van der Waals surface area contributed by atoms with Gasteiger partial charge in [-0.25, -0.2) is 4.99 Å². The minimum absolute atomic E-state index is 0. The van der Waals surface area contributed by atoms with Crippen LogP contribution in [0, 0.1) is 0 Å². The summed E-state index contributed by atoms with van der Waals surface area (Å²) in [7, 11) is 1.73. The summed E-state index contributed by atoms with van der Waals surface area (Å²) in [6.45, 7) is 7.79. The summed E-state index contributed by atoms with van der Waals surface area (Å²) >= 11 is 0. The monoisotopic (exact) mass is 565 g/mol. The van der Waals surface area contributed by atoms with E-state index in [9.17, 15) is 4.79 Å². The van der Waals surface area contributed by atoms with E-state index in [2.05, 4.69) is 39.9 Å². The standard InChI is InChI=1S/C25H35N5O2.HI/c1-4-26-25(27-17-20-10-9-11-21(16-20)29-19(2)31)28-18-23(30-14-7-8-15-30)22-12-5-6-13-24(22)32-3;/h5-6,9-13,16,23H,4,7-8,14-15,17-18H2,1-3H3,(H,29,31)(H2,26,27,28);1H. The number of methoxy groups -OCH3 is 1. The molecular formula is C25H36IN5O2. The van der Waals surface area contributed by atoms with Crippen LogP contribution >= 0.6 is 24.0 Å². The lowest BCUT2D eigenvalue weighted by molar-refractivity contribution is -0.114. The van der Waals surface area contributed by atoms with Crippen molar-refractivity contribution in [3.63, 3.8) is 0 Å². The number of nitrogens with one attached hydrogen (secondary N) is 3. The van der Waals surface area contributed by atoms with Gasteiger partial charge in [0.25, 0.3) is 0 Å². The molecule has 0 spiro atoms. The van der Waals surface area contributed by atoms with E-state index in [0.717, 1.165) is 49.1 Å². The van der Waals surface area contributed by atoms with Crippen molar-refractivity contribution in [2.45, 2.75) is 39.3 Å². The van der Waals surface area contributed by atoms with Gasteiger partial charge in [-0.15, -0.1) is 24.0 Å². The third-order valence-corrected chi connectivity index (χ3v) is 5.55. The van der Waals surface area contributed by atoms with Crippen LogP contribution in [0.15, 0.2) is 53.5 Å². The van der Waals surface area contributed by atoms with Crippen LogP contribution in [0.5, 0.6) is 5.75 Å². The predicted octanol–water partition coefficient (Wildman–Crippen LogP) is 4.16. The number of ether oxygens (including phenoxy) is 1. The molecule has 8 heteroatoms. The van der Waals surface area contributed by atoms with E-state index in [-0.39, 0.29) is 35.9 Å². The average molecular weight is 566 g/mol. The number of amides is 1. The summed E-state index contributed by atoms with van der Waals surface area (Å²) in [6.07, 6.45) is 2.45. The average Bonchev–Trinajstić information content (AvgIpc) is 3.32. The first-order valence-corrected chi connectivity index (χ1v) is 11.4.